The Hall–Kier alpha value is -2.58. The fourth-order valence-corrected chi connectivity index (χ4v) is 1.90. The molecule has 2 heterocycles. The number of fused-ring (bicyclic) bond motifs is 1. The summed E-state index contributed by atoms with van der Waals surface area (Å²) < 4.78 is 68.9. The first kappa shape index (κ1) is 14.4. The first-order valence-electron chi connectivity index (χ1n) is 5.93. The molecule has 2 aromatic heterocycles. The highest BCUT2D eigenvalue weighted by Gasteiger charge is 2.31. The van der Waals surface area contributed by atoms with E-state index in [4.69, 9.17) is 4.42 Å². The first-order chi connectivity index (χ1) is 10.4. The molecule has 114 valence electrons. The minimum atomic E-state index is -4.56. The molecule has 0 spiro atoms. The van der Waals surface area contributed by atoms with Gasteiger partial charge in [-0.25, -0.2) is 18.7 Å². The summed E-state index contributed by atoms with van der Waals surface area (Å²) in [4.78, 5) is 11.0. The second kappa shape index (κ2) is 5.00. The van der Waals surface area contributed by atoms with Crippen molar-refractivity contribution in [1.82, 2.24) is 15.0 Å². The lowest BCUT2D eigenvalue weighted by atomic mass is 10.1. The van der Waals surface area contributed by atoms with E-state index >= 15 is 0 Å². The number of nitrogens with zero attached hydrogens (tertiary/aromatic N) is 3. The van der Waals surface area contributed by atoms with Crippen LogP contribution >= 0.6 is 0 Å². The van der Waals surface area contributed by atoms with Crippen molar-refractivity contribution in [2.24, 2.45) is 0 Å². The average molecular weight is 315 g/mol. The largest absolute Gasteiger partial charge is 0.425 e. The Morgan fingerprint density at radius 3 is 2.55 bits per heavy atom. The van der Waals surface area contributed by atoms with Gasteiger partial charge in [-0.1, -0.05) is 12.1 Å². The third-order valence-electron chi connectivity index (χ3n) is 2.88. The van der Waals surface area contributed by atoms with Crippen molar-refractivity contribution in [1.29, 1.82) is 0 Å². The van der Waals surface area contributed by atoms with Crippen molar-refractivity contribution in [2.75, 3.05) is 0 Å². The summed E-state index contributed by atoms with van der Waals surface area (Å²) in [7, 11) is 0. The van der Waals surface area contributed by atoms with Gasteiger partial charge in [-0.05, 0) is 12.1 Å². The highest BCUT2D eigenvalue weighted by molar-refractivity contribution is 5.74. The number of aromatic nitrogens is 3. The normalized spacial score (nSPS) is 12.3. The van der Waals surface area contributed by atoms with Gasteiger partial charge in [-0.15, -0.1) is 0 Å². The maximum absolute atomic E-state index is 13.0. The van der Waals surface area contributed by atoms with Gasteiger partial charge in [-0.2, -0.15) is 18.2 Å². The molecule has 3 aromatic rings. The predicted molar refractivity (Wildman–Crippen MR) is 65.0 cm³/mol. The summed E-state index contributed by atoms with van der Waals surface area (Å²) in [5.41, 5.74) is -2.09. The van der Waals surface area contributed by atoms with E-state index in [0.29, 0.717) is 0 Å². The lowest BCUT2D eigenvalue weighted by Crippen LogP contribution is -2.05. The van der Waals surface area contributed by atoms with Gasteiger partial charge in [0.1, 0.15) is 5.69 Å². The second-order valence-corrected chi connectivity index (χ2v) is 4.32. The quantitative estimate of drug-likeness (QED) is 0.664. The van der Waals surface area contributed by atoms with Crippen LogP contribution in [0.4, 0.5) is 22.0 Å². The van der Waals surface area contributed by atoms with Crippen molar-refractivity contribution >= 4 is 11.2 Å². The zero-order chi connectivity index (χ0) is 15.9. The van der Waals surface area contributed by atoms with Crippen molar-refractivity contribution in [3.63, 3.8) is 0 Å². The van der Waals surface area contributed by atoms with Gasteiger partial charge in [0.15, 0.2) is 17.7 Å². The molecule has 0 aliphatic heterocycles. The molecule has 0 bridgehead atoms. The third kappa shape index (κ3) is 2.49. The van der Waals surface area contributed by atoms with Gasteiger partial charge in [0.05, 0.1) is 5.56 Å². The van der Waals surface area contributed by atoms with Crippen molar-refractivity contribution in [2.45, 2.75) is 12.6 Å². The van der Waals surface area contributed by atoms with Crippen LogP contribution in [0.5, 0.6) is 0 Å². The van der Waals surface area contributed by atoms with E-state index in [0.717, 1.165) is 24.6 Å². The summed E-state index contributed by atoms with van der Waals surface area (Å²) in [5, 5.41) is 0. The van der Waals surface area contributed by atoms with E-state index in [1.807, 2.05) is 0 Å². The van der Waals surface area contributed by atoms with Gasteiger partial charge in [0, 0.05) is 5.56 Å². The fourth-order valence-electron chi connectivity index (χ4n) is 1.90. The van der Waals surface area contributed by atoms with E-state index in [1.165, 1.54) is 6.07 Å². The topological polar surface area (TPSA) is 51.8 Å². The van der Waals surface area contributed by atoms with E-state index in [-0.39, 0.29) is 22.6 Å². The van der Waals surface area contributed by atoms with E-state index in [1.54, 1.807) is 0 Å². The van der Waals surface area contributed by atoms with E-state index < -0.39 is 23.9 Å². The predicted octanol–water partition coefficient (Wildman–Crippen LogP) is 4.24. The molecule has 0 radical (unpaired) electrons. The molecule has 4 nitrogen and oxygen atoms in total. The Morgan fingerprint density at radius 1 is 1.09 bits per heavy atom. The molecule has 22 heavy (non-hydrogen) atoms. The molecule has 9 heteroatoms. The average Bonchev–Trinajstić information content (AvgIpc) is 2.93. The van der Waals surface area contributed by atoms with Gasteiger partial charge in [0.25, 0.3) is 12.1 Å². The number of hydrogen-bond acceptors (Lipinski definition) is 4. The standard InChI is InChI=1S/C13H6F5N3O/c14-10(15)8-9-12(22-5-19-9)21-11(20-8)6-2-1-3-7(4-6)13(16,17)18/h1-5,10H. The van der Waals surface area contributed by atoms with Gasteiger partial charge >= 0.3 is 6.18 Å². The van der Waals surface area contributed by atoms with Crippen LogP contribution in [-0.4, -0.2) is 15.0 Å². The van der Waals surface area contributed by atoms with Crippen molar-refractivity contribution < 1.29 is 26.4 Å². The molecular weight excluding hydrogens is 309 g/mol. The molecular formula is C13H6F5N3O. The third-order valence-corrected chi connectivity index (χ3v) is 2.88. The minimum absolute atomic E-state index is 0.0463. The van der Waals surface area contributed by atoms with Gasteiger partial charge in [-0.3, -0.25) is 0 Å². The van der Waals surface area contributed by atoms with Crippen LogP contribution in [0, 0.1) is 0 Å². The maximum Gasteiger partial charge on any atom is 0.416 e. The van der Waals surface area contributed by atoms with Crippen LogP contribution in [0.1, 0.15) is 17.7 Å². The van der Waals surface area contributed by atoms with E-state index in [9.17, 15) is 22.0 Å². The van der Waals surface area contributed by atoms with Crippen LogP contribution in [0.2, 0.25) is 0 Å². The van der Waals surface area contributed by atoms with Crippen molar-refractivity contribution in [3.05, 3.63) is 41.9 Å². The molecule has 0 fully saturated rings. The molecule has 0 atom stereocenters. The van der Waals surface area contributed by atoms with Crippen LogP contribution in [0.3, 0.4) is 0 Å². The number of benzene rings is 1. The van der Waals surface area contributed by atoms with Crippen LogP contribution in [0.25, 0.3) is 22.6 Å². The minimum Gasteiger partial charge on any atom is -0.425 e. The number of halogens is 5. The smallest absolute Gasteiger partial charge is 0.416 e. The molecule has 0 saturated carbocycles. The summed E-state index contributed by atoms with van der Waals surface area (Å²) in [6.45, 7) is 0. The first-order valence-corrected chi connectivity index (χ1v) is 5.93. The fraction of sp³-hybridized carbons (Fsp3) is 0.154. The molecule has 1 aromatic carbocycles. The van der Waals surface area contributed by atoms with Crippen LogP contribution in [-0.2, 0) is 6.18 Å². The maximum atomic E-state index is 13.0. The number of hydrogen-bond donors (Lipinski definition) is 0. The highest BCUT2D eigenvalue weighted by atomic mass is 19.4. The summed E-state index contributed by atoms with van der Waals surface area (Å²) in [5.74, 6) is -0.286. The number of oxazole rings is 1. The zero-order valence-corrected chi connectivity index (χ0v) is 10.6. The second-order valence-electron chi connectivity index (χ2n) is 4.32. The van der Waals surface area contributed by atoms with Crippen LogP contribution in [0.15, 0.2) is 35.1 Å². The lowest BCUT2D eigenvalue weighted by molar-refractivity contribution is -0.137. The Morgan fingerprint density at radius 2 is 1.86 bits per heavy atom. The monoisotopic (exact) mass is 315 g/mol. The SMILES string of the molecule is FC(F)c1nc(-c2cccc(C(F)(F)F)c2)nc2ocnc12. The molecule has 3 rings (SSSR count). The molecule has 0 N–H and O–H groups in total. The molecule has 0 amide bonds. The Kier molecular flexibility index (Phi) is 3.27. The zero-order valence-electron chi connectivity index (χ0n) is 10.6. The molecule has 0 unspecified atom stereocenters. The molecule has 0 saturated heterocycles. The molecule has 0 aliphatic rings. The Labute approximate surface area is 119 Å². The van der Waals surface area contributed by atoms with Gasteiger partial charge < -0.3 is 4.42 Å². The van der Waals surface area contributed by atoms with E-state index in [2.05, 4.69) is 15.0 Å². The summed E-state index contributed by atoms with van der Waals surface area (Å²) in [6.07, 6.45) is -6.60. The Bertz CT molecular complexity index is 828. The lowest BCUT2D eigenvalue weighted by Gasteiger charge is -2.08. The van der Waals surface area contributed by atoms with Gasteiger partial charge in [0.2, 0.25) is 0 Å². The number of rotatable bonds is 2. The summed E-state index contributed by atoms with van der Waals surface area (Å²) in [6, 6.07) is 4.09. The van der Waals surface area contributed by atoms with Crippen LogP contribution < -0.4 is 0 Å². The number of alkyl halides is 5. The molecule has 0 aliphatic carbocycles. The highest BCUT2D eigenvalue weighted by Crippen LogP contribution is 2.32. The summed E-state index contributed by atoms with van der Waals surface area (Å²) >= 11 is 0. The van der Waals surface area contributed by atoms with Crippen molar-refractivity contribution in [3.8, 4) is 11.4 Å². The Balaban J connectivity index is 2.18.